The molecule has 0 aromatic rings. The fraction of sp³-hybridized carbons (Fsp3) is 1.00. The summed E-state index contributed by atoms with van der Waals surface area (Å²) in [6.45, 7) is 13.5. The van der Waals surface area contributed by atoms with Crippen molar-refractivity contribution in [3.8, 4) is 0 Å². The fourth-order valence-electron chi connectivity index (χ4n) is 4.09. The molecule has 118 valence electrons. The van der Waals surface area contributed by atoms with Crippen LogP contribution in [0.5, 0.6) is 0 Å². The van der Waals surface area contributed by atoms with Gasteiger partial charge in [-0.2, -0.15) is 0 Å². The van der Waals surface area contributed by atoms with E-state index in [4.69, 9.17) is 4.74 Å². The largest absolute Gasteiger partial charge is 0.370 e. The van der Waals surface area contributed by atoms with Crippen LogP contribution in [0.15, 0.2) is 0 Å². The van der Waals surface area contributed by atoms with Crippen LogP contribution in [-0.2, 0) is 4.74 Å². The third-order valence-corrected chi connectivity index (χ3v) is 4.77. The molecule has 3 heteroatoms. The van der Waals surface area contributed by atoms with Crippen molar-refractivity contribution in [3.05, 3.63) is 0 Å². The maximum absolute atomic E-state index is 6.00. The first-order valence-electron chi connectivity index (χ1n) is 8.64. The number of ether oxygens (including phenoxy) is 1. The molecular formula is C17H34N2O. The minimum atomic E-state index is 0.0210. The summed E-state index contributed by atoms with van der Waals surface area (Å²) in [5, 5.41) is 3.75. The lowest BCUT2D eigenvalue weighted by atomic mass is 9.98. The van der Waals surface area contributed by atoms with E-state index in [2.05, 4.69) is 37.9 Å². The van der Waals surface area contributed by atoms with Crippen LogP contribution in [0.25, 0.3) is 0 Å². The Labute approximate surface area is 125 Å². The monoisotopic (exact) mass is 282 g/mol. The van der Waals surface area contributed by atoms with Crippen molar-refractivity contribution < 1.29 is 4.74 Å². The SMILES string of the molecule is CCCNC1CCCC1CCN1CC(C)OC(C)(C)C1. The van der Waals surface area contributed by atoms with Gasteiger partial charge in [-0.1, -0.05) is 13.3 Å². The van der Waals surface area contributed by atoms with Gasteiger partial charge in [-0.25, -0.2) is 0 Å². The average molecular weight is 282 g/mol. The van der Waals surface area contributed by atoms with E-state index in [0.29, 0.717) is 6.10 Å². The first kappa shape index (κ1) is 16.3. The van der Waals surface area contributed by atoms with E-state index >= 15 is 0 Å². The normalized spacial score (nSPS) is 34.5. The maximum Gasteiger partial charge on any atom is 0.0757 e. The van der Waals surface area contributed by atoms with Gasteiger partial charge in [0.15, 0.2) is 0 Å². The van der Waals surface area contributed by atoms with Crippen LogP contribution in [0, 0.1) is 5.92 Å². The van der Waals surface area contributed by atoms with E-state index in [1.165, 1.54) is 45.2 Å². The lowest BCUT2D eigenvalue weighted by molar-refractivity contribution is -0.129. The lowest BCUT2D eigenvalue weighted by Gasteiger charge is -2.42. The second-order valence-corrected chi connectivity index (χ2v) is 7.46. The van der Waals surface area contributed by atoms with Gasteiger partial charge in [-0.05, 0) is 65.5 Å². The van der Waals surface area contributed by atoms with Gasteiger partial charge in [0, 0.05) is 19.1 Å². The molecule has 3 unspecified atom stereocenters. The molecule has 0 aromatic carbocycles. The van der Waals surface area contributed by atoms with Gasteiger partial charge in [0.1, 0.15) is 0 Å². The van der Waals surface area contributed by atoms with E-state index < -0.39 is 0 Å². The van der Waals surface area contributed by atoms with Crippen molar-refractivity contribution in [1.29, 1.82) is 0 Å². The number of nitrogens with one attached hydrogen (secondary N) is 1. The number of hydrogen-bond donors (Lipinski definition) is 1. The lowest BCUT2D eigenvalue weighted by Crippen LogP contribution is -2.52. The molecule has 0 spiro atoms. The summed E-state index contributed by atoms with van der Waals surface area (Å²) < 4.78 is 6.00. The Bertz CT molecular complexity index is 293. The highest BCUT2D eigenvalue weighted by Crippen LogP contribution is 2.29. The van der Waals surface area contributed by atoms with Gasteiger partial charge in [-0.15, -0.1) is 0 Å². The number of rotatable bonds is 6. The Balaban J connectivity index is 1.76. The van der Waals surface area contributed by atoms with Crippen LogP contribution in [0.2, 0.25) is 0 Å². The first-order chi connectivity index (χ1) is 9.50. The van der Waals surface area contributed by atoms with Crippen molar-refractivity contribution in [3.63, 3.8) is 0 Å². The fourth-order valence-corrected chi connectivity index (χ4v) is 4.09. The highest BCUT2D eigenvalue weighted by Gasteiger charge is 2.32. The first-order valence-corrected chi connectivity index (χ1v) is 8.64. The van der Waals surface area contributed by atoms with Gasteiger partial charge in [0.25, 0.3) is 0 Å². The minimum absolute atomic E-state index is 0.0210. The maximum atomic E-state index is 6.00. The Morgan fingerprint density at radius 2 is 2.10 bits per heavy atom. The van der Waals surface area contributed by atoms with Gasteiger partial charge in [-0.3, -0.25) is 4.90 Å². The van der Waals surface area contributed by atoms with Crippen LogP contribution in [-0.4, -0.2) is 48.8 Å². The second kappa shape index (κ2) is 7.24. The molecule has 2 fully saturated rings. The van der Waals surface area contributed by atoms with Gasteiger partial charge >= 0.3 is 0 Å². The Morgan fingerprint density at radius 1 is 1.30 bits per heavy atom. The van der Waals surface area contributed by atoms with Crippen molar-refractivity contribution in [1.82, 2.24) is 10.2 Å². The molecule has 0 bridgehead atoms. The molecule has 0 aromatic heterocycles. The summed E-state index contributed by atoms with van der Waals surface area (Å²) in [4.78, 5) is 2.61. The minimum Gasteiger partial charge on any atom is -0.370 e. The molecule has 3 nitrogen and oxygen atoms in total. The number of morpholine rings is 1. The van der Waals surface area contributed by atoms with Crippen LogP contribution in [0.3, 0.4) is 0 Å². The second-order valence-electron chi connectivity index (χ2n) is 7.46. The molecule has 3 atom stereocenters. The van der Waals surface area contributed by atoms with Gasteiger partial charge < -0.3 is 10.1 Å². The molecule has 2 rings (SSSR count). The Hall–Kier alpha value is -0.120. The number of nitrogens with zero attached hydrogens (tertiary/aromatic N) is 1. The van der Waals surface area contributed by atoms with Gasteiger partial charge in [0.2, 0.25) is 0 Å². The van der Waals surface area contributed by atoms with E-state index in [9.17, 15) is 0 Å². The van der Waals surface area contributed by atoms with E-state index in [0.717, 1.165) is 25.0 Å². The predicted molar refractivity (Wildman–Crippen MR) is 85.1 cm³/mol. The molecule has 1 saturated carbocycles. The summed E-state index contributed by atoms with van der Waals surface area (Å²) in [6.07, 6.45) is 7.19. The van der Waals surface area contributed by atoms with Crippen molar-refractivity contribution in [2.75, 3.05) is 26.2 Å². The zero-order valence-corrected chi connectivity index (χ0v) is 14.0. The molecule has 0 radical (unpaired) electrons. The molecule has 0 amide bonds. The molecule has 1 aliphatic heterocycles. The summed E-state index contributed by atoms with van der Waals surface area (Å²) in [6, 6.07) is 0.779. The third kappa shape index (κ3) is 4.71. The standard InChI is InChI=1S/C17H34N2O/c1-5-10-18-16-8-6-7-15(16)9-11-19-12-14(2)20-17(3,4)13-19/h14-16,18H,5-13H2,1-4H3. The number of hydrogen-bond acceptors (Lipinski definition) is 3. The van der Waals surface area contributed by atoms with Crippen LogP contribution >= 0.6 is 0 Å². The molecule has 20 heavy (non-hydrogen) atoms. The zero-order valence-electron chi connectivity index (χ0n) is 14.0. The highest BCUT2D eigenvalue weighted by atomic mass is 16.5. The van der Waals surface area contributed by atoms with Crippen molar-refractivity contribution >= 4 is 0 Å². The molecule has 1 aliphatic carbocycles. The van der Waals surface area contributed by atoms with E-state index in [-0.39, 0.29) is 5.60 Å². The summed E-state index contributed by atoms with van der Waals surface area (Å²) >= 11 is 0. The van der Waals surface area contributed by atoms with E-state index in [1.54, 1.807) is 0 Å². The average Bonchev–Trinajstić information content (AvgIpc) is 2.79. The zero-order chi connectivity index (χ0) is 14.6. The molecule has 1 saturated heterocycles. The van der Waals surface area contributed by atoms with Crippen LogP contribution < -0.4 is 5.32 Å². The van der Waals surface area contributed by atoms with Crippen LogP contribution in [0.1, 0.15) is 59.8 Å². The third-order valence-electron chi connectivity index (χ3n) is 4.77. The predicted octanol–water partition coefficient (Wildman–Crippen LogP) is 3.04. The molecule has 1 N–H and O–H groups in total. The smallest absolute Gasteiger partial charge is 0.0757 e. The van der Waals surface area contributed by atoms with Crippen molar-refractivity contribution in [2.24, 2.45) is 5.92 Å². The molecular weight excluding hydrogens is 248 g/mol. The summed E-state index contributed by atoms with van der Waals surface area (Å²) in [5.74, 6) is 0.891. The quantitative estimate of drug-likeness (QED) is 0.810. The summed E-state index contributed by atoms with van der Waals surface area (Å²) in [7, 11) is 0. The topological polar surface area (TPSA) is 24.5 Å². The highest BCUT2D eigenvalue weighted by molar-refractivity contribution is 4.86. The molecule has 2 aliphatic rings. The Morgan fingerprint density at radius 3 is 2.80 bits per heavy atom. The van der Waals surface area contributed by atoms with E-state index in [1.807, 2.05) is 0 Å². The van der Waals surface area contributed by atoms with Gasteiger partial charge in [0.05, 0.1) is 11.7 Å². The van der Waals surface area contributed by atoms with Crippen LogP contribution in [0.4, 0.5) is 0 Å². The Kier molecular flexibility index (Phi) is 5.88. The molecule has 1 heterocycles. The van der Waals surface area contributed by atoms with Crippen molar-refractivity contribution in [2.45, 2.75) is 77.5 Å². The summed E-state index contributed by atoms with van der Waals surface area (Å²) in [5.41, 5.74) is 0.0210.